The Morgan fingerprint density at radius 2 is 1.61 bits per heavy atom. The van der Waals surface area contributed by atoms with Crippen LogP contribution in [0.15, 0.2) is 60.9 Å². The van der Waals surface area contributed by atoms with Gasteiger partial charge in [0.25, 0.3) is 0 Å². The lowest BCUT2D eigenvalue weighted by Crippen LogP contribution is -2.10. The van der Waals surface area contributed by atoms with Crippen LogP contribution in [0.4, 0.5) is 0 Å². The Bertz CT molecular complexity index is 929. The van der Waals surface area contributed by atoms with E-state index >= 15 is 0 Å². The van der Waals surface area contributed by atoms with Gasteiger partial charge >= 0.3 is 0 Å². The molecule has 114 valence electrons. The van der Waals surface area contributed by atoms with Gasteiger partial charge in [0.1, 0.15) is 11.9 Å². The molecule has 4 heteroatoms. The summed E-state index contributed by atoms with van der Waals surface area (Å²) in [6, 6.07) is 15.9. The summed E-state index contributed by atoms with van der Waals surface area (Å²) >= 11 is 0. The molecule has 0 saturated carbocycles. The van der Waals surface area contributed by atoms with E-state index in [-0.39, 0.29) is 11.5 Å². The predicted octanol–water partition coefficient (Wildman–Crippen LogP) is 3.72. The van der Waals surface area contributed by atoms with Gasteiger partial charge in [0.15, 0.2) is 11.5 Å². The molecule has 0 aromatic heterocycles. The van der Waals surface area contributed by atoms with Crippen LogP contribution in [0.3, 0.4) is 0 Å². The smallest absolute Gasteiger partial charge is 0.158 e. The maximum Gasteiger partial charge on any atom is 0.158 e. The number of ether oxygens (including phenoxy) is 1. The molecule has 0 radical (unpaired) electrons. The van der Waals surface area contributed by atoms with Gasteiger partial charge in [-0.15, -0.1) is 0 Å². The third-order valence-electron chi connectivity index (χ3n) is 4.10. The summed E-state index contributed by atoms with van der Waals surface area (Å²) in [4.78, 5) is 0. The first kappa shape index (κ1) is 13.7. The van der Waals surface area contributed by atoms with E-state index in [1.54, 1.807) is 18.4 Å². The van der Waals surface area contributed by atoms with Crippen molar-refractivity contribution in [3.63, 3.8) is 0 Å². The van der Waals surface area contributed by atoms with Crippen molar-refractivity contribution < 1.29 is 20.1 Å². The van der Waals surface area contributed by atoms with Crippen molar-refractivity contribution in [3.05, 3.63) is 72.0 Å². The van der Waals surface area contributed by atoms with E-state index in [1.165, 1.54) is 12.1 Å². The van der Waals surface area contributed by atoms with Crippen LogP contribution >= 0.6 is 0 Å². The number of aliphatic hydroxyl groups excluding tert-OH is 1. The van der Waals surface area contributed by atoms with Crippen molar-refractivity contribution in [1.82, 2.24) is 0 Å². The zero-order chi connectivity index (χ0) is 16.0. The monoisotopic (exact) mass is 306 g/mol. The molecule has 1 aliphatic heterocycles. The fraction of sp³-hybridized carbons (Fsp3) is 0.0526. The van der Waals surface area contributed by atoms with Gasteiger partial charge in [-0.3, -0.25) is 0 Å². The molecule has 0 fully saturated rings. The quantitative estimate of drug-likeness (QED) is 0.599. The molecule has 0 amide bonds. The summed E-state index contributed by atoms with van der Waals surface area (Å²) in [6.45, 7) is 0. The van der Waals surface area contributed by atoms with Crippen LogP contribution in [0, 0.1) is 0 Å². The van der Waals surface area contributed by atoms with Crippen molar-refractivity contribution in [1.29, 1.82) is 0 Å². The second-order valence-electron chi connectivity index (χ2n) is 5.50. The number of phenols is 2. The highest BCUT2D eigenvalue weighted by atomic mass is 16.5. The molecule has 3 aromatic rings. The van der Waals surface area contributed by atoms with Gasteiger partial charge in [-0.1, -0.05) is 36.4 Å². The van der Waals surface area contributed by atoms with E-state index in [2.05, 4.69) is 0 Å². The van der Waals surface area contributed by atoms with Crippen LogP contribution in [0.1, 0.15) is 17.2 Å². The molecule has 0 aliphatic carbocycles. The van der Waals surface area contributed by atoms with Crippen LogP contribution in [0.5, 0.6) is 17.2 Å². The summed E-state index contributed by atoms with van der Waals surface area (Å²) < 4.78 is 5.67. The predicted molar refractivity (Wildman–Crippen MR) is 87.3 cm³/mol. The first-order valence-electron chi connectivity index (χ1n) is 7.24. The minimum absolute atomic E-state index is 0.192. The van der Waals surface area contributed by atoms with Crippen LogP contribution in [-0.4, -0.2) is 15.3 Å². The summed E-state index contributed by atoms with van der Waals surface area (Å²) in [5, 5.41) is 31.7. The van der Waals surface area contributed by atoms with E-state index in [4.69, 9.17) is 4.74 Å². The van der Waals surface area contributed by atoms with Crippen molar-refractivity contribution in [3.8, 4) is 17.2 Å². The highest BCUT2D eigenvalue weighted by Gasteiger charge is 2.26. The summed E-state index contributed by atoms with van der Waals surface area (Å²) in [7, 11) is 0. The second-order valence-corrected chi connectivity index (χ2v) is 5.50. The molecule has 1 atom stereocenters. The lowest BCUT2D eigenvalue weighted by molar-refractivity contribution is 0.226. The maximum atomic E-state index is 10.8. The molecule has 1 heterocycles. The average Bonchev–Trinajstić information content (AvgIpc) is 2.57. The van der Waals surface area contributed by atoms with E-state index in [1.807, 2.05) is 30.3 Å². The first-order valence-corrected chi connectivity index (χ1v) is 7.24. The number of hydrogen-bond donors (Lipinski definition) is 3. The number of fused-ring (bicyclic) bond motifs is 3. The van der Waals surface area contributed by atoms with Gasteiger partial charge in [0.2, 0.25) is 0 Å². The highest BCUT2D eigenvalue weighted by molar-refractivity contribution is 5.93. The number of rotatable bonds is 1. The van der Waals surface area contributed by atoms with Gasteiger partial charge in [-0.05, 0) is 34.5 Å². The molecule has 0 spiro atoms. The Hall–Kier alpha value is -2.98. The Labute approximate surface area is 132 Å². The Balaban J connectivity index is 1.92. The Morgan fingerprint density at radius 3 is 2.39 bits per heavy atom. The van der Waals surface area contributed by atoms with Crippen molar-refractivity contribution in [2.24, 2.45) is 0 Å². The molecule has 4 rings (SSSR count). The fourth-order valence-corrected chi connectivity index (χ4v) is 2.94. The third-order valence-corrected chi connectivity index (χ3v) is 4.10. The zero-order valence-corrected chi connectivity index (χ0v) is 12.1. The topological polar surface area (TPSA) is 69.9 Å². The normalized spacial score (nSPS) is 16.6. The van der Waals surface area contributed by atoms with Gasteiger partial charge in [-0.2, -0.15) is 0 Å². The van der Waals surface area contributed by atoms with Crippen molar-refractivity contribution in [2.75, 3.05) is 0 Å². The van der Waals surface area contributed by atoms with E-state index < -0.39 is 6.10 Å². The molecule has 3 aromatic carbocycles. The molecule has 0 saturated heterocycles. The Kier molecular flexibility index (Phi) is 2.99. The standard InChI is InChI=1S/C19H14O4/c20-15-8-12-6-7-17-18(13(12)9-16(15)21)19(22)14(10-23-17)11-4-2-1-3-5-11/h1-10,19-22H. The minimum Gasteiger partial charge on any atom is -0.504 e. The molecular weight excluding hydrogens is 292 g/mol. The number of hydrogen-bond acceptors (Lipinski definition) is 4. The SMILES string of the molecule is Oc1cc2ccc3c(c2cc1O)C(O)C(c1ccccc1)=CO3. The van der Waals surface area contributed by atoms with Crippen molar-refractivity contribution >= 4 is 16.3 Å². The minimum atomic E-state index is -0.881. The van der Waals surface area contributed by atoms with Crippen LogP contribution in [0.25, 0.3) is 16.3 Å². The van der Waals surface area contributed by atoms with Gasteiger partial charge in [0.05, 0.1) is 6.26 Å². The number of phenolic OH excluding ortho intramolecular Hbond substituents is 2. The fourth-order valence-electron chi connectivity index (χ4n) is 2.94. The summed E-state index contributed by atoms with van der Waals surface area (Å²) in [6.07, 6.45) is 0.669. The number of aromatic hydroxyl groups is 2. The molecule has 3 N–H and O–H groups in total. The molecule has 0 bridgehead atoms. The van der Waals surface area contributed by atoms with E-state index in [0.717, 1.165) is 10.9 Å². The van der Waals surface area contributed by atoms with Gasteiger partial charge < -0.3 is 20.1 Å². The van der Waals surface area contributed by atoms with Crippen LogP contribution < -0.4 is 4.74 Å². The molecular formula is C19H14O4. The van der Waals surface area contributed by atoms with Crippen LogP contribution in [0.2, 0.25) is 0 Å². The first-order chi connectivity index (χ1) is 11.1. The maximum absolute atomic E-state index is 10.8. The number of aliphatic hydroxyl groups is 1. The number of benzene rings is 3. The second kappa shape index (κ2) is 5.04. The molecule has 1 aliphatic rings. The Morgan fingerprint density at radius 1 is 0.870 bits per heavy atom. The lowest BCUT2D eigenvalue weighted by atomic mass is 9.90. The van der Waals surface area contributed by atoms with Gasteiger partial charge in [-0.25, -0.2) is 0 Å². The average molecular weight is 306 g/mol. The van der Waals surface area contributed by atoms with Crippen molar-refractivity contribution in [2.45, 2.75) is 6.10 Å². The zero-order valence-electron chi connectivity index (χ0n) is 12.1. The third kappa shape index (κ3) is 2.12. The molecule has 1 unspecified atom stereocenters. The van der Waals surface area contributed by atoms with E-state index in [9.17, 15) is 15.3 Å². The van der Waals surface area contributed by atoms with E-state index in [0.29, 0.717) is 22.3 Å². The van der Waals surface area contributed by atoms with Gasteiger partial charge in [0, 0.05) is 11.1 Å². The summed E-state index contributed by atoms with van der Waals surface area (Å²) in [5.74, 6) is 0.117. The highest BCUT2D eigenvalue weighted by Crippen LogP contribution is 2.44. The molecule has 4 nitrogen and oxygen atoms in total. The largest absolute Gasteiger partial charge is 0.504 e. The molecule has 23 heavy (non-hydrogen) atoms. The lowest BCUT2D eigenvalue weighted by Gasteiger charge is -2.25. The van der Waals surface area contributed by atoms with Crippen LogP contribution in [-0.2, 0) is 0 Å². The summed E-state index contributed by atoms with van der Waals surface area (Å²) in [5.41, 5.74) is 2.10.